The zero-order valence-electron chi connectivity index (χ0n) is 15.1. The van der Waals surface area contributed by atoms with Gasteiger partial charge in [0.05, 0.1) is 6.61 Å². The smallest absolute Gasteiger partial charge is 0.328 e. The molecule has 0 aromatic heterocycles. The van der Waals surface area contributed by atoms with Gasteiger partial charge in [0, 0.05) is 23.3 Å². The first-order valence-corrected chi connectivity index (χ1v) is 9.21. The molecule has 5 nitrogen and oxygen atoms in total. The van der Waals surface area contributed by atoms with Gasteiger partial charge in [0.1, 0.15) is 0 Å². The normalized spacial score (nSPS) is 11.8. The summed E-state index contributed by atoms with van der Waals surface area (Å²) < 4.78 is 4.84. The van der Waals surface area contributed by atoms with E-state index >= 15 is 0 Å². The van der Waals surface area contributed by atoms with Gasteiger partial charge in [0.15, 0.2) is 6.04 Å². The molecule has 0 saturated carbocycles. The summed E-state index contributed by atoms with van der Waals surface area (Å²) in [6.07, 6.45) is 0. The van der Waals surface area contributed by atoms with Gasteiger partial charge in [0.2, 0.25) is 0 Å². The predicted molar refractivity (Wildman–Crippen MR) is 103 cm³/mol. The third-order valence-electron chi connectivity index (χ3n) is 3.86. The number of carbonyl (C=O) groups excluding carboxylic acids is 1. The van der Waals surface area contributed by atoms with Crippen molar-refractivity contribution in [2.45, 2.75) is 30.5 Å². The van der Waals surface area contributed by atoms with Gasteiger partial charge in [-0.2, -0.15) is 0 Å². The number of hydrogen-bond donors (Lipinski definition) is 2. The number of carbonyl (C=O) groups is 2. The van der Waals surface area contributed by atoms with Crippen molar-refractivity contribution in [3.8, 4) is 0 Å². The number of aliphatic carboxylic acids is 1. The van der Waals surface area contributed by atoms with Crippen molar-refractivity contribution >= 4 is 23.6 Å². The Hall–Kier alpha value is -2.31. The molecule has 2 aromatic rings. The molecule has 1 atom stereocenters. The molecule has 138 valence electrons. The molecular formula is C20H23NO4S. The molecule has 0 radical (unpaired) electrons. The number of benzene rings is 2. The van der Waals surface area contributed by atoms with Crippen molar-refractivity contribution in [3.05, 3.63) is 64.7 Å². The number of thioether (sulfide) groups is 1. The van der Waals surface area contributed by atoms with Gasteiger partial charge >= 0.3 is 5.97 Å². The lowest BCUT2D eigenvalue weighted by atomic mass is 10.1. The highest BCUT2D eigenvalue weighted by atomic mass is 32.2. The molecule has 0 heterocycles. The average Bonchev–Trinajstić information content (AvgIpc) is 2.62. The van der Waals surface area contributed by atoms with Crippen molar-refractivity contribution in [1.29, 1.82) is 0 Å². The number of carboxylic acid groups (broad SMARTS) is 1. The van der Waals surface area contributed by atoms with E-state index < -0.39 is 17.9 Å². The second-order valence-electron chi connectivity index (χ2n) is 6.08. The van der Waals surface area contributed by atoms with E-state index in [9.17, 15) is 9.59 Å². The second-order valence-corrected chi connectivity index (χ2v) is 7.09. The Morgan fingerprint density at radius 3 is 2.65 bits per heavy atom. The van der Waals surface area contributed by atoms with Crippen LogP contribution in [0.4, 0.5) is 0 Å². The van der Waals surface area contributed by atoms with E-state index in [4.69, 9.17) is 9.84 Å². The van der Waals surface area contributed by atoms with Crippen LogP contribution in [0.3, 0.4) is 0 Å². The van der Waals surface area contributed by atoms with E-state index in [2.05, 4.69) is 37.4 Å². The Morgan fingerprint density at radius 2 is 1.96 bits per heavy atom. The third kappa shape index (κ3) is 5.61. The molecule has 2 N–H and O–H groups in total. The molecule has 0 bridgehead atoms. The Morgan fingerprint density at radius 1 is 1.19 bits per heavy atom. The number of nitrogens with one attached hydrogen (secondary N) is 1. The topological polar surface area (TPSA) is 75.6 Å². The van der Waals surface area contributed by atoms with Crippen molar-refractivity contribution in [1.82, 2.24) is 5.32 Å². The van der Waals surface area contributed by atoms with Crippen LogP contribution in [-0.2, 0) is 15.3 Å². The predicted octanol–water partition coefficient (Wildman–Crippen LogP) is 3.43. The molecule has 1 amide bonds. The zero-order valence-corrected chi connectivity index (χ0v) is 15.9. The van der Waals surface area contributed by atoms with Gasteiger partial charge < -0.3 is 15.2 Å². The van der Waals surface area contributed by atoms with Crippen LogP contribution in [0.15, 0.2) is 47.4 Å². The Kier molecular flexibility index (Phi) is 7.24. The number of ether oxygens (including phenoxy) is 1. The minimum atomic E-state index is -1.12. The minimum absolute atomic E-state index is 0.0801. The van der Waals surface area contributed by atoms with Gasteiger partial charge in [-0.25, -0.2) is 4.79 Å². The van der Waals surface area contributed by atoms with Crippen molar-refractivity contribution in [2.24, 2.45) is 0 Å². The van der Waals surface area contributed by atoms with Crippen LogP contribution in [0.25, 0.3) is 0 Å². The summed E-state index contributed by atoms with van der Waals surface area (Å²) in [4.78, 5) is 24.7. The summed E-state index contributed by atoms with van der Waals surface area (Å²) in [5.41, 5.74) is 3.87. The number of rotatable bonds is 8. The van der Waals surface area contributed by atoms with Crippen molar-refractivity contribution in [3.63, 3.8) is 0 Å². The first kappa shape index (κ1) is 20.0. The van der Waals surface area contributed by atoms with Gasteiger partial charge in [-0.1, -0.05) is 29.8 Å². The van der Waals surface area contributed by atoms with Crippen molar-refractivity contribution in [2.75, 3.05) is 13.7 Å². The molecule has 6 heteroatoms. The summed E-state index contributed by atoms with van der Waals surface area (Å²) in [5, 5.41) is 11.6. The molecule has 0 aliphatic rings. The molecule has 2 aromatic carbocycles. The summed E-state index contributed by atoms with van der Waals surface area (Å²) in [6, 6.07) is 12.5. The van der Waals surface area contributed by atoms with Crippen LogP contribution in [-0.4, -0.2) is 36.7 Å². The maximum Gasteiger partial charge on any atom is 0.328 e. The standard InChI is InChI=1S/C20H23NO4S/c1-13-7-8-14(2)18(9-13)26-12-15-5-4-6-16(10-15)19(22)21-17(11-25-3)20(23)24/h4-10,17H,11-12H2,1-3H3,(H,21,22)(H,23,24). The molecule has 1 unspecified atom stereocenters. The van der Waals surface area contributed by atoms with Gasteiger partial charge in [-0.3, -0.25) is 4.79 Å². The Labute approximate surface area is 157 Å². The molecule has 0 saturated heterocycles. The summed E-state index contributed by atoms with van der Waals surface area (Å²) in [6.45, 7) is 4.06. The highest BCUT2D eigenvalue weighted by Crippen LogP contribution is 2.27. The fourth-order valence-electron chi connectivity index (χ4n) is 2.41. The molecule has 0 spiro atoms. The number of hydrogen-bond acceptors (Lipinski definition) is 4. The molecule has 2 rings (SSSR count). The zero-order chi connectivity index (χ0) is 19.1. The fourth-order valence-corrected chi connectivity index (χ4v) is 3.48. The van der Waals surface area contributed by atoms with Crippen LogP contribution in [0.5, 0.6) is 0 Å². The van der Waals surface area contributed by atoms with E-state index in [-0.39, 0.29) is 6.61 Å². The maximum absolute atomic E-state index is 12.3. The average molecular weight is 373 g/mol. The van der Waals surface area contributed by atoms with E-state index in [1.54, 1.807) is 30.0 Å². The lowest BCUT2D eigenvalue weighted by molar-refractivity contribution is -0.140. The van der Waals surface area contributed by atoms with Crippen molar-refractivity contribution < 1.29 is 19.4 Å². The number of methoxy groups -OCH3 is 1. The Bertz CT molecular complexity index is 791. The lowest BCUT2D eigenvalue weighted by Crippen LogP contribution is -2.43. The minimum Gasteiger partial charge on any atom is -0.480 e. The van der Waals surface area contributed by atoms with E-state index in [1.165, 1.54) is 23.1 Å². The second kappa shape index (κ2) is 9.40. The molecule has 0 aliphatic heterocycles. The molecule has 0 aliphatic carbocycles. The highest BCUT2D eigenvalue weighted by molar-refractivity contribution is 7.98. The quantitative estimate of drug-likeness (QED) is 0.694. The summed E-state index contributed by atoms with van der Waals surface area (Å²) in [7, 11) is 1.40. The molecular weight excluding hydrogens is 350 g/mol. The number of carboxylic acids is 1. The first-order chi connectivity index (χ1) is 12.4. The SMILES string of the molecule is COCC(NC(=O)c1cccc(CSc2cc(C)ccc2C)c1)C(=O)O. The Balaban J connectivity index is 2.06. The summed E-state index contributed by atoms with van der Waals surface area (Å²) in [5.74, 6) is -0.818. The first-order valence-electron chi connectivity index (χ1n) is 8.22. The van der Waals surface area contributed by atoms with Crippen LogP contribution in [0.1, 0.15) is 27.0 Å². The number of amides is 1. The van der Waals surface area contributed by atoms with E-state index in [0.717, 1.165) is 11.3 Å². The van der Waals surface area contributed by atoms with Crippen LogP contribution < -0.4 is 5.32 Å². The summed E-state index contributed by atoms with van der Waals surface area (Å²) >= 11 is 1.72. The third-order valence-corrected chi connectivity index (χ3v) is 5.09. The van der Waals surface area contributed by atoms with Crippen LogP contribution >= 0.6 is 11.8 Å². The maximum atomic E-state index is 12.3. The van der Waals surface area contributed by atoms with E-state index in [1.807, 2.05) is 6.07 Å². The van der Waals surface area contributed by atoms with Gasteiger partial charge in [0.25, 0.3) is 5.91 Å². The molecule has 26 heavy (non-hydrogen) atoms. The monoisotopic (exact) mass is 373 g/mol. The van der Waals surface area contributed by atoms with Gasteiger partial charge in [-0.05, 0) is 43.2 Å². The largest absolute Gasteiger partial charge is 0.480 e. The van der Waals surface area contributed by atoms with E-state index in [0.29, 0.717) is 5.56 Å². The van der Waals surface area contributed by atoms with Crippen LogP contribution in [0, 0.1) is 13.8 Å². The molecule has 0 fully saturated rings. The number of aryl methyl sites for hydroxylation is 2. The highest BCUT2D eigenvalue weighted by Gasteiger charge is 2.20. The van der Waals surface area contributed by atoms with Crippen LogP contribution in [0.2, 0.25) is 0 Å². The fraction of sp³-hybridized carbons (Fsp3) is 0.300. The van der Waals surface area contributed by atoms with Gasteiger partial charge in [-0.15, -0.1) is 11.8 Å². The lowest BCUT2D eigenvalue weighted by Gasteiger charge is -2.14.